The van der Waals surface area contributed by atoms with Gasteiger partial charge < -0.3 is 19.1 Å². The van der Waals surface area contributed by atoms with Gasteiger partial charge in [-0.05, 0) is 69.9 Å². The van der Waals surface area contributed by atoms with E-state index in [1.807, 2.05) is 74.2 Å². The molecule has 0 saturated carbocycles. The molecule has 0 aliphatic carbocycles. The number of amides is 1. The highest BCUT2D eigenvalue weighted by atomic mass is 16.6. The Kier molecular flexibility index (Phi) is 6.77. The van der Waals surface area contributed by atoms with E-state index in [4.69, 9.17) is 19.2 Å². The second-order valence-corrected chi connectivity index (χ2v) is 9.45. The van der Waals surface area contributed by atoms with Gasteiger partial charge in [-0.3, -0.25) is 4.57 Å². The summed E-state index contributed by atoms with van der Waals surface area (Å²) in [7, 11) is 1.66. The molecule has 0 radical (unpaired) electrons. The maximum absolute atomic E-state index is 12.8. The number of imidazole rings is 1. The number of aromatic nitrogens is 2. The van der Waals surface area contributed by atoms with Crippen molar-refractivity contribution < 1.29 is 19.0 Å². The van der Waals surface area contributed by atoms with E-state index >= 15 is 0 Å². The average Bonchev–Trinajstić information content (AvgIpc) is 3.14. The summed E-state index contributed by atoms with van der Waals surface area (Å²) in [5.41, 5.74) is 2.49. The van der Waals surface area contributed by atoms with Crippen LogP contribution in [0.5, 0.6) is 11.8 Å². The van der Waals surface area contributed by atoms with E-state index in [9.17, 15) is 4.79 Å². The molecule has 7 nitrogen and oxygen atoms in total. The van der Waals surface area contributed by atoms with Crippen LogP contribution in [0.3, 0.4) is 0 Å². The van der Waals surface area contributed by atoms with Gasteiger partial charge in [0.05, 0.1) is 30.7 Å². The Bertz CT molecular complexity index is 1090. The van der Waals surface area contributed by atoms with Crippen molar-refractivity contribution in [2.45, 2.75) is 58.2 Å². The summed E-state index contributed by atoms with van der Waals surface area (Å²) in [5, 5.41) is 0. The Morgan fingerprint density at radius 3 is 2.58 bits per heavy atom. The molecule has 1 fully saturated rings. The monoisotopic (exact) mass is 451 g/mol. The number of para-hydroxylation sites is 2. The maximum atomic E-state index is 12.8. The summed E-state index contributed by atoms with van der Waals surface area (Å²) in [5.74, 6) is 0.824. The fourth-order valence-electron chi connectivity index (χ4n) is 4.14. The quantitative estimate of drug-likeness (QED) is 0.511. The molecule has 1 aliphatic heterocycles. The topological polar surface area (TPSA) is 65.8 Å². The Morgan fingerprint density at radius 2 is 1.85 bits per heavy atom. The van der Waals surface area contributed by atoms with Crippen molar-refractivity contribution in [2.75, 3.05) is 20.3 Å². The second kappa shape index (κ2) is 9.73. The normalized spacial score (nSPS) is 16.6. The molecule has 2 aromatic carbocycles. The molecule has 0 spiro atoms. The van der Waals surface area contributed by atoms with E-state index in [2.05, 4.69) is 4.57 Å². The van der Waals surface area contributed by atoms with Crippen LogP contribution in [-0.4, -0.2) is 52.4 Å². The second-order valence-electron chi connectivity index (χ2n) is 9.45. The fraction of sp³-hybridized carbons (Fsp3) is 0.462. The van der Waals surface area contributed by atoms with E-state index in [1.165, 1.54) is 0 Å². The van der Waals surface area contributed by atoms with Crippen LogP contribution >= 0.6 is 0 Å². The number of hydrogen-bond acceptors (Lipinski definition) is 5. The molecule has 0 bridgehead atoms. The first-order valence-corrected chi connectivity index (χ1v) is 11.5. The SMILES string of the molecule is COc1ccc(Cn2c(OC[C@@H]3CCCCN3C(=O)OC(C)(C)C)nc3ccccc32)cc1. The number of likely N-dealkylation sites (tertiary alicyclic amines) is 1. The Morgan fingerprint density at radius 1 is 1.09 bits per heavy atom. The van der Waals surface area contributed by atoms with Gasteiger partial charge in [0.25, 0.3) is 6.01 Å². The third-order valence-electron chi connectivity index (χ3n) is 5.78. The zero-order chi connectivity index (χ0) is 23.4. The summed E-state index contributed by atoms with van der Waals surface area (Å²) < 4.78 is 19.3. The zero-order valence-electron chi connectivity index (χ0n) is 19.9. The third kappa shape index (κ3) is 5.59. The maximum Gasteiger partial charge on any atom is 0.410 e. The van der Waals surface area contributed by atoms with Gasteiger partial charge in [-0.25, -0.2) is 4.79 Å². The molecule has 1 atom stereocenters. The largest absolute Gasteiger partial charge is 0.497 e. The summed E-state index contributed by atoms with van der Waals surface area (Å²) in [6.07, 6.45) is 2.65. The van der Waals surface area contributed by atoms with Crippen molar-refractivity contribution in [2.24, 2.45) is 0 Å². The number of ether oxygens (including phenoxy) is 3. The fourth-order valence-corrected chi connectivity index (χ4v) is 4.14. The van der Waals surface area contributed by atoms with Gasteiger partial charge in [-0.15, -0.1) is 0 Å². The van der Waals surface area contributed by atoms with E-state index in [0.717, 1.165) is 41.6 Å². The van der Waals surface area contributed by atoms with Crippen molar-refractivity contribution >= 4 is 17.1 Å². The molecule has 7 heteroatoms. The molecule has 1 amide bonds. The molecule has 1 saturated heterocycles. The van der Waals surface area contributed by atoms with Gasteiger partial charge >= 0.3 is 6.09 Å². The standard InChI is InChI=1S/C26H33N3O4/c1-26(2,3)33-25(30)28-16-8-7-9-20(28)18-32-24-27-22-10-5-6-11-23(22)29(24)17-19-12-14-21(31-4)15-13-19/h5-6,10-15,20H,7-9,16-18H2,1-4H3/t20-/m0/s1. The number of carbonyl (C=O) groups excluding carboxylic acids is 1. The smallest absolute Gasteiger partial charge is 0.410 e. The molecular formula is C26H33N3O4. The van der Waals surface area contributed by atoms with E-state index < -0.39 is 5.60 Å². The minimum atomic E-state index is -0.522. The highest BCUT2D eigenvalue weighted by Crippen LogP contribution is 2.26. The molecule has 1 aromatic heterocycles. The number of fused-ring (bicyclic) bond motifs is 1. The van der Waals surface area contributed by atoms with Crippen LogP contribution in [0.15, 0.2) is 48.5 Å². The van der Waals surface area contributed by atoms with E-state index in [-0.39, 0.29) is 12.1 Å². The van der Waals surface area contributed by atoms with Crippen LogP contribution in [0.25, 0.3) is 11.0 Å². The number of benzene rings is 2. The first kappa shape index (κ1) is 23.0. The lowest BCUT2D eigenvalue weighted by Crippen LogP contribution is -2.48. The van der Waals surface area contributed by atoms with Crippen LogP contribution in [-0.2, 0) is 11.3 Å². The van der Waals surface area contributed by atoms with Gasteiger partial charge in [0.2, 0.25) is 0 Å². The number of hydrogen-bond donors (Lipinski definition) is 0. The summed E-state index contributed by atoms with van der Waals surface area (Å²) in [6, 6.07) is 16.5. The van der Waals surface area contributed by atoms with Crippen LogP contribution in [0.1, 0.15) is 45.6 Å². The molecule has 176 valence electrons. The van der Waals surface area contributed by atoms with Crippen molar-refractivity contribution in [3.63, 3.8) is 0 Å². The molecule has 4 rings (SSSR count). The molecular weight excluding hydrogens is 418 g/mol. The van der Waals surface area contributed by atoms with Crippen LogP contribution < -0.4 is 9.47 Å². The third-order valence-corrected chi connectivity index (χ3v) is 5.78. The zero-order valence-corrected chi connectivity index (χ0v) is 19.9. The summed E-state index contributed by atoms with van der Waals surface area (Å²) in [6.45, 7) is 7.36. The first-order valence-electron chi connectivity index (χ1n) is 11.5. The van der Waals surface area contributed by atoms with Crippen LogP contribution in [0.4, 0.5) is 4.79 Å². The van der Waals surface area contributed by atoms with Crippen LogP contribution in [0, 0.1) is 0 Å². The van der Waals surface area contributed by atoms with Crippen molar-refractivity contribution in [3.8, 4) is 11.8 Å². The Hall–Kier alpha value is -3.22. The lowest BCUT2D eigenvalue weighted by atomic mass is 10.0. The summed E-state index contributed by atoms with van der Waals surface area (Å²) in [4.78, 5) is 19.3. The van der Waals surface area contributed by atoms with Crippen molar-refractivity contribution in [1.82, 2.24) is 14.5 Å². The van der Waals surface area contributed by atoms with Crippen LogP contribution in [0.2, 0.25) is 0 Å². The molecule has 0 unspecified atom stereocenters. The molecule has 1 aliphatic rings. The van der Waals surface area contributed by atoms with E-state index in [1.54, 1.807) is 7.11 Å². The molecule has 33 heavy (non-hydrogen) atoms. The lowest BCUT2D eigenvalue weighted by molar-refractivity contribution is 0.00290. The van der Waals surface area contributed by atoms with Gasteiger partial charge in [-0.1, -0.05) is 24.3 Å². The number of nitrogens with zero attached hydrogens (tertiary/aromatic N) is 3. The number of rotatable bonds is 6. The number of piperidine rings is 1. The lowest BCUT2D eigenvalue weighted by Gasteiger charge is -2.36. The molecule has 2 heterocycles. The van der Waals surface area contributed by atoms with E-state index in [0.29, 0.717) is 25.7 Å². The van der Waals surface area contributed by atoms with Crippen molar-refractivity contribution in [3.05, 3.63) is 54.1 Å². The predicted octanol–water partition coefficient (Wildman–Crippen LogP) is 5.26. The Balaban J connectivity index is 1.54. The number of carbonyl (C=O) groups is 1. The van der Waals surface area contributed by atoms with Gasteiger partial charge in [0, 0.05) is 6.54 Å². The first-order chi connectivity index (χ1) is 15.8. The minimum Gasteiger partial charge on any atom is -0.497 e. The number of methoxy groups -OCH3 is 1. The highest BCUT2D eigenvalue weighted by Gasteiger charge is 2.31. The van der Waals surface area contributed by atoms with Gasteiger partial charge in [0.1, 0.15) is 18.0 Å². The minimum absolute atomic E-state index is 0.0390. The average molecular weight is 452 g/mol. The highest BCUT2D eigenvalue weighted by molar-refractivity contribution is 5.76. The van der Waals surface area contributed by atoms with Gasteiger partial charge in [-0.2, -0.15) is 4.98 Å². The molecule has 3 aromatic rings. The summed E-state index contributed by atoms with van der Waals surface area (Å²) >= 11 is 0. The Labute approximate surface area is 195 Å². The molecule has 0 N–H and O–H groups in total. The van der Waals surface area contributed by atoms with Crippen molar-refractivity contribution in [1.29, 1.82) is 0 Å². The van der Waals surface area contributed by atoms with Gasteiger partial charge in [0.15, 0.2) is 0 Å². The predicted molar refractivity (Wildman–Crippen MR) is 128 cm³/mol.